The van der Waals surface area contributed by atoms with E-state index in [2.05, 4.69) is 0 Å². The monoisotopic (exact) mass is 394 g/mol. The molecule has 0 radical (unpaired) electrons. The quantitative estimate of drug-likeness (QED) is 0.778. The third-order valence-corrected chi connectivity index (χ3v) is 4.31. The van der Waals surface area contributed by atoms with Crippen LogP contribution in [0.4, 0.5) is 13.2 Å². The second kappa shape index (κ2) is 9.10. The summed E-state index contributed by atoms with van der Waals surface area (Å²) < 4.78 is 42.1. The van der Waals surface area contributed by atoms with E-state index < -0.39 is 18.8 Å². The van der Waals surface area contributed by atoms with Crippen molar-refractivity contribution in [2.24, 2.45) is 5.73 Å². The average molecular weight is 394 g/mol. The van der Waals surface area contributed by atoms with Crippen LogP contribution in [0, 0.1) is 13.8 Å². The predicted octanol–water partition coefficient (Wildman–Crippen LogP) is 3.77. The summed E-state index contributed by atoms with van der Waals surface area (Å²) in [6.45, 7) is 2.35. The molecule has 0 heterocycles. The number of alkyl halides is 3. The van der Waals surface area contributed by atoms with Crippen molar-refractivity contribution in [1.82, 2.24) is 4.90 Å². The molecule has 0 fully saturated rings. The minimum absolute atomic E-state index is 0.198. The van der Waals surface area contributed by atoms with E-state index in [1.807, 2.05) is 30.3 Å². The van der Waals surface area contributed by atoms with Gasteiger partial charge in [0.1, 0.15) is 5.75 Å². The molecule has 7 heteroatoms. The summed E-state index contributed by atoms with van der Waals surface area (Å²) in [6, 6.07) is 12.3. The number of hydrogen-bond donors (Lipinski definition) is 1. The van der Waals surface area contributed by atoms with Crippen molar-refractivity contribution in [3.63, 3.8) is 0 Å². The Morgan fingerprint density at radius 1 is 1.11 bits per heavy atom. The Morgan fingerprint density at radius 2 is 1.68 bits per heavy atom. The van der Waals surface area contributed by atoms with Crippen molar-refractivity contribution in [3.8, 4) is 5.75 Å². The number of aryl methyl sites for hydroxylation is 2. The van der Waals surface area contributed by atoms with E-state index in [-0.39, 0.29) is 11.7 Å². The smallest absolute Gasteiger partial charge is 0.422 e. The Bertz CT molecular complexity index is 784. The predicted molar refractivity (Wildman–Crippen MR) is 102 cm³/mol. The number of halogens is 3. The summed E-state index contributed by atoms with van der Waals surface area (Å²) in [5, 5.41) is 0. The summed E-state index contributed by atoms with van der Waals surface area (Å²) in [7, 11) is 1.66. The van der Waals surface area contributed by atoms with Gasteiger partial charge in [0, 0.05) is 13.6 Å². The minimum atomic E-state index is -4.39. The zero-order valence-electron chi connectivity index (χ0n) is 16.2. The number of hydrogen-bond acceptors (Lipinski definition) is 3. The van der Waals surface area contributed by atoms with Gasteiger partial charge >= 0.3 is 6.18 Å². The molecule has 152 valence electrons. The highest BCUT2D eigenvalue weighted by Gasteiger charge is 2.29. The third kappa shape index (κ3) is 6.27. The Balaban J connectivity index is 2.02. The molecule has 2 aromatic rings. The van der Waals surface area contributed by atoms with E-state index in [1.54, 1.807) is 33.0 Å². The van der Waals surface area contributed by atoms with E-state index in [4.69, 9.17) is 10.5 Å². The Labute approximate surface area is 163 Å². The number of carbonyl (C=O) groups is 1. The second-order valence-electron chi connectivity index (χ2n) is 6.95. The van der Waals surface area contributed by atoms with Gasteiger partial charge in [-0.1, -0.05) is 42.5 Å². The SMILES string of the molecule is Cc1cc(CN(C)C(=O)[C@@H](N)Cc2ccccc2)cc(C)c1OCC(F)(F)F. The molecule has 2 rings (SSSR count). The standard InChI is InChI=1S/C21H25F3N2O2/c1-14-9-17(10-15(2)19(14)28-13-21(22,23)24)12-26(3)20(27)18(25)11-16-7-5-4-6-8-16/h4-10,18H,11-13,25H2,1-3H3/t18-/m0/s1. The normalized spacial score (nSPS) is 12.5. The first-order chi connectivity index (χ1) is 13.1. The molecule has 0 aliphatic heterocycles. The first-order valence-corrected chi connectivity index (χ1v) is 8.91. The van der Waals surface area contributed by atoms with Gasteiger partial charge in [0.05, 0.1) is 6.04 Å². The lowest BCUT2D eigenvalue weighted by Crippen LogP contribution is -2.42. The van der Waals surface area contributed by atoms with Crippen LogP contribution in [0.15, 0.2) is 42.5 Å². The summed E-state index contributed by atoms with van der Waals surface area (Å²) in [5.74, 6) is 0.0207. The van der Waals surface area contributed by atoms with Gasteiger partial charge in [0.2, 0.25) is 5.91 Å². The minimum Gasteiger partial charge on any atom is -0.484 e. The van der Waals surface area contributed by atoms with E-state index >= 15 is 0 Å². The van der Waals surface area contributed by atoms with E-state index in [0.717, 1.165) is 11.1 Å². The van der Waals surface area contributed by atoms with Gasteiger partial charge in [0.25, 0.3) is 0 Å². The van der Waals surface area contributed by atoms with Crippen LogP contribution in [-0.4, -0.2) is 36.7 Å². The highest BCUT2D eigenvalue weighted by molar-refractivity contribution is 5.81. The molecule has 0 unspecified atom stereocenters. The van der Waals surface area contributed by atoms with Crippen molar-refractivity contribution in [1.29, 1.82) is 0 Å². The van der Waals surface area contributed by atoms with Crippen molar-refractivity contribution in [2.75, 3.05) is 13.7 Å². The molecule has 0 saturated heterocycles. The highest BCUT2D eigenvalue weighted by atomic mass is 19.4. The molecule has 1 amide bonds. The van der Waals surface area contributed by atoms with Crippen molar-refractivity contribution < 1.29 is 22.7 Å². The maximum Gasteiger partial charge on any atom is 0.422 e. The first kappa shape index (κ1) is 21.8. The molecule has 0 saturated carbocycles. The first-order valence-electron chi connectivity index (χ1n) is 8.91. The largest absolute Gasteiger partial charge is 0.484 e. The summed E-state index contributed by atoms with van der Waals surface area (Å²) in [5.41, 5.74) is 9.02. The zero-order valence-corrected chi connectivity index (χ0v) is 16.2. The lowest BCUT2D eigenvalue weighted by Gasteiger charge is -2.22. The maximum atomic E-state index is 12.6. The van der Waals surface area contributed by atoms with E-state index in [1.165, 1.54) is 4.90 Å². The lowest BCUT2D eigenvalue weighted by atomic mass is 10.0. The van der Waals surface area contributed by atoms with Crippen LogP contribution in [0.2, 0.25) is 0 Å². The fourth-order valence-electron chi connectivity index (χ4n) is 3.10. The van der Waals surface area contributed by atoms with Crippen LogP contribution in [0.3, 0.4) is 0 Å². The number of rotatable bonds is 7. The topological polar surface area (TPSA) is 55.6 Å². The molecule has 28 heavy (non-hydrogen) atoms. The second-order valence-corrected chi connectivity index (χ2v) is 6.95. The zero-order chi connectivity index (χ0) is 20.9. The fraction of sp³-hybridized carbons (Fsp3) is 0.381. The van der Waals surface area contributed by atoms with Gasteiger partial charge in [-0.3, -0.25) is 4.79 Å². The molecule has 0 bridgehead atoms. The molecule has 4 nitrogen and oxygen atoms in total. The number of nitrogens with zero attached hydrogens (tertiary/aromatic N) is 1. The summed E-state index contributed by atoms with van der Waals surface area (Å²) >= 11 is 0. The Kier molecular flexibility index (Phi) is 7.07. The van der Waals surface area contributed by atoms with Gasteiger partial charge in [-0.25, -0.2) is 0 Å². The number of nitrogens with two attached hydrogens (primary N) is 1. The molecular formula is C21H25F3N2O2. The van der Waals surface area contributed by atoms with Crippen molar-refractivity contribution >= 4 is 5.91 Å². The van der Waals surface area contributed by atoms with Crippen LogP contribution in [-0.2, 0) is 17.8 Å². The molecule has 0 aromatic heterocycles. The van der Waals surface area contributed by atoms with Gasteiger partial charge in [-0.2, -0.15) is 13.2 Å². The van der Waals surface area contributed by atoms with Crippen LogP contribution in [0.25, 0.3) is 0 Å². The molecular weight excluding hydrogens is 369 g/mol. The number of amides is 1. The van der Waals surface area contributed by atoms with Gasteiger partial charge in [0.15, 0.2) is 6.61 Å². The molecule has 1 atom stereocenters. The van der Waals surface area contributed by atoms with Crippen LogP contribution < -0.4 is 10.5 Å². The van der Waals surface area contributed by atoms with E-state index in [9.17, 15) is 18.0 Å². The Hall–Kier alpha value is -2.54. The van der Waals surface area contributed by atoms with Gasteiger partial charge in [-0.05, 0) is 42.5 Å². The van der Waals surface area contributed by atoms with Crippen molar-refractivity contribution in [3.05, 3.63) is 64.7 Å². The van der Waals surface area contributed by atoms with Crippen LogP contribution >= 0.6 is 0 Å². The molecule has 0 aliphatic rings. The van der Waals surface area contributed by atoms with Gasteiger partial charge in [-0.15, -0.1) is 0 Å². The van der Waals surface area contributed by atoms with Crippen LogP contribution in [0.1, 0.15) is 22.3 Å². The molecule has 2 aromatic carbocycles. The molecule has 2 N–H and O–H groups in total. The number of ether oxygens (including phenoxy) is 1. The molecule has 0 spiro atoms. The number of carbonyl (C=O) groups excluding carboxylic acids is 1. The van der Waals surface area contributed by atoms with Crippen LogP contribution in [0.5, 0.6) is 5.75 Å². The number of benzene rings is 2. The Morgan fingerprint density at radius 3 is 2.21 bits per heavy atom. The molecule has 0 aliphatic carbocycles. The fourth-order valence-corrected chi connectivity index (χ4v) is 3.10. The third-order valence-electron chi connectivity index (χ3n) is 4.31. The highest BCUT2D eigenvalue weighted by Crippen LogP contribution is 2.27. The average Bonchev–Trinajstić information content (AvgIpc) is 2.60. The van der Waals surface area contributed by atoms with Gasteiger partial charge < -0.3 is 15.4 Å². The number of likely N-dealkylation sites (N-methyl/N-ethyl adjacent to an activating group) is 1. The summed E-state index contributed by atoms with van der Waals surface area (Å²) in [6.07, 6.45) is -3.95. The lowest BCUT2D eigenvalue weighted by molar-refractivity contribution is -0.153. The summed E-state index contributed by atoms with van der Waals surface area (Å²) in [4.78, 5) is 14.1. The van der Waals surface area contributed by atoms with Crippen molar-refractivity contribution in [2.45, 2.75) is 39.0 Å². The van der Waals surface area contributed by atoms with E-state index in [0.29, 0.717) is 24.1 Å². The maximum absolute atomic E-state index is 12.6.